The van der Waals surface area contributed by atoms with Gasteiger partial charge in [-0.3, -0.25) is 9.69 Å². The van der Waals surface area contributed by atoms with Gasteiger partial charge in [-0.05, 0) is 60.4 Å². The lowest BCUT2D eigenvalue weighted by Gasteiger charge is -2.27. The lowest BCUT2D eigenvalue weighted by atomic mass is 10.2. The number of nitrogens with zero attached hydrogens (tertiary/aromatic N) is 1. The van der Waals surface area contributed by atoms with Crippen LogP contribution in [-0.4, -0.2) is 29.9 Å². The van der Waals surface area contributed by atoms with Crippen LogP contribution < -0.4 is 11.1 Å². The van der Waals surface area contributed by atoms with Crippen molar-refractivity contribution in [2.24, 2.45) is 0 Å². The average Bonchev–Trinajstić information content (AvgIpc) is 2.45. The molecule has 1 aromatic carbocycles. The van der Waals surface area contributed by atoms with E-state index < -0.39 is 0 Å². The van der Waals surface area contributed by atoms with E-state index in [1.165, 1.54) is 0 Å². The van der Waals surface area contributed by atoms with Crippen LogP contribution in [0.5, 0.6) is 0 Å². The zero-order chi connectivity index (χ0) is 15.8. The first-order valence-corrected chi connectivity index (χ1v) is 8.36. The summed E-state index contributed by atoms with van der Waals surface area (Å²) in [5.74, 6) is 0.0110. The van der Waals surface area contributed by atoms with Crippen molar-refractivity contribution < 1.29 is 4.79 Å². The molecule has 0 bridgehead atoms. The summed E-state index contributed by atoms with van der Waals surface area (Å²) in [5, 5.41) is 2.94. The number of rotatable bonds is 8. The minimum absolute atomic E-state index is 0.0110. The molecule has 21 heavy (non-hydrogen) atoms. The van der Waals surface area contributed by atoms with Crippen LogP contribution in [0.3, 0.4) is 0 Å². The quantitative estimate of drug-likeness (QED) is 0.695. The van der Waals surface area contributed by atoms with Gasteiger partial charge in [0, 0.05) is 16.2 Å². The number of unbranched alkanes of at least 4 members (excludes halogenated alkanes) is 1. The Labute approximate surface area is 136 Å². The lowest BCUT2D eigenvalue weighted by molar-refractivity contribution is -0.117. The van der Waals surface area contributed by atoms with Gasteiger partial charge < -0.3 is 11.1 Å². The maximum absolute atomic E-state index is 12.2. The van der Waals surface area contributed by atoms with E-state index >= 15 is 0 Å². The predicted molar refractivity (Wildman–Crippen MR) is 93.4 cm³/mol. The highest BCUT2D eigenvalue weighted by atomic mass is 79.9. The van der Waals surface area contributed by atoms with Gasteiger partial charge >= 0.3 is 0 Å². The van der Waals surface area contributed by atoms with Crippen LogP contribution in [0.4, 0.5) is 11.4 Å². The van der Waals surface area contributed by atoms with Gasteiger partial charge in [-0.25, -0.2) is 0 Å². The fraction of sp³-hybridized carbons (Fsp3) is 0.562. The minimum Gasteiger partial charge on any atom is -0.399 e. The van der Waals surface area contributed by atoms with Gasteiger partial charge in [0.05, 0.1) is 12.2 Å². The third-order valence-corrected chi connectivity index (χ3v) is 4.28. The molecule has 4 nitrogen and oxygen atoms in total. The van der Waals surface area contributed by atoms with E-state index in [0.717, 1.165) is 36.0 Å². The van der Waals surface area contributed by atoms with Gasteiger partial charge in [-0.2, -0.15) is 0 Å². The van der Waals surface area contributed by atoms with Crippen molar-refractivity contribution in [1.82, 2.24) is 4.90 Å². The summed E-state index contributed by atoms with van der Waals surface area (Å²) in [6, 6.07) is 5.80. The molecule has 3 N–H and O–H groups in total. The van der Waals surface area contributed by atoms with E-state index in [1.807, 2.05) is 6.07 Å². The Morgan fingerprint density at radius 2 is 2.14 bits per heavy atom. The Balaban J connectivity index is 2.64. The van der Waals surface area contributed by atoms with Crippen LogP contribution in [0.25, 0.3) is 0 Å². The zero-order valence-corrected chi connectivity index (χ0v) is 14.7. The van der Waals surface area contributed by atoms with Crippen LogP contribution in [-0.2, 0) is 4.79 Å². The standard InChI is InChI=1S/C16H26BrN3O/c1-4-6-9-20(12(3)5-2)11-16(21)19-15-8-7-13(18)10-14(15)17/h7-8,10,12H,4-6,9,11,18H2,1-3H3,(H,19,21). The maximum atomic E-state index is 12.2. The van der Waals surface area contributed by atoms with Crippen LogP contribution >= 0.6 is 15.9 Å². The summed E-state index contributed by atoms with van der Waals surface area (Å²) in [6.07, 6.45) is 3.30. The smallest absolute Gasteiger partial charge is 0.238 e. The molecule has 0 saturated heterocycles. The Hall–Kier alpha value is -1.07. The molecule has 1 amide bonds. The highest BCUT2D eigenvalue weighted by Crippen LogP contribution is 2.24. The number of anilines is 2. The third-order valence-electron chi connectivity index (χ3n) is 3.63. The molecule has 5 heteroatoms. The van der Waals surface area contributed by atoms with E-state index in [0.29, 0.717) is 18.3 Å². The van der Waals surface area contributed by atoms with Crippen LogP contribution in [0.1, 0.15) is 40.0 Å². The normalized spacial score (nSPS) is 12.4. The SMILES string of the molecule is CCCCN(CC(=O)Nc1ccc(N)cc1Br)C(C)CC. The number of hydrogen-bond acceptors (Lipinski definition) is 3. The van der Waals surface area contributed by atoms with E-state index in [-0.39, 0.29) is 5.91 Å². The number of nitrogens with two attached hydrogens (primary N) is 1. The molecule has 0 aromatic heterocycles. The second-order valence-electron chi connectivity index (χ2n) is 5.37. The van der Waals surface area contributed by atoms with Crippen molar-refractivity contribution in [1.29, 1.82) is 0 Å². The summed E-state index contributed by atoms with van der Waals surface area (Å²) >= 11 is 3.42. The van der Waals surface area contributed by atoms with Gasteiger partial charge in [-0.15, -0.1) is 0 Å². The first kappa shape index (κ1) is 18.0. The van der Waals surface area contributed by atoms with Crippen LogP contribution in [0.2, 0.25) is 0 Å². The van der Waals surface area contributed by atoms with Crippen LogP contribution in [0, 0.1) is 0 Å². The number of nitrogen functional groups attached to an aromatic ring is 1. The molecule has 0 radical (unpaired) electrons. The zero-order valence-electron chi connectivity index (χ0n) is 13.2. The average molecular weight is 356 g/mol. The fourth-order valence-electron chi connectivity index (χ4n) is 2.08. The largest absolute Gasteiger partial charge is 0.399 e. The first-order valence-electron chi connectivity index (χ1n) is 7.56. The Morgan fingerprint density at radius 3 is 2.71 bits per heavy atom. The Morgan fingerprint density at radius 1 is 1.43 bits per heavy atom. The number of halogens is 1. The molecule has 118 valence electrons. The van der Waals surface area contributed by atoms with E-state index in [2.05, 4.69) is 46.9 Å². The number of nitrogens with one attached hydrogen (secondary N) is 1. The topological polar surface area (TPSA) is 58.4 Å². The summed E-state index contributed by atoms with van der Waals surface area (Å²) < 4.78 is 0.805. The number of benzene rings is 1. The van der Waals surface area contributed by atoms with Gasteiger partial charge in [-0.1, -0.05) is 20.3 Å². The molecule has 0 saturated carbocycles. The molecule has 0 aliphatic carbocycles. The minimum atomic E-state index is 0.0110. The molecule has 1 rings (SSSR count). The first-order chi connectivity index (χ1) is 9.97. The van der Waals surface area contributed by atoms with Crippen molar-refractivity contribution in [3.63, 3.8) is 0 Å². The molecule has 1 unspecified atom stereocenters. The predicted octanol–water partition coefficient (Wildman–Crippen LogP) is 3.87. The number of hydrogen-bond donors (Lipinski definition) is 2. The molecular weight excluding hydrogens is 330 g/mol. The monoisotopic (exact) mass is 355 g/mol. The molecular formula is C16H26BrN3O. The highest BCUT2D eigenvalue weighted by molar-refractivity contribution is 9.10. The van der Waals surface area contributed by atoms with Gasteiger partial charge in [0.15, 0.2) is 0 Å². The molecule has 1 atom stereocenters. The Bertz CT molecular complexity index is 465. The van der Waals surface area contributed by atoms with Gasteiger partial charge in [0.2, 0.25) is 5.91 Å². The van der Waals surface area contributed by atoms with E-state index in [9.17, 15) is 4.79 Å². The van der Waals surface area contributed by atoms with Crippen molar-refractivity contribution in [3.8, 4) is 0 Å². The summed E-state index contributed by atoms with van der Waals surface area (Å²) in [5.41, 5.74) is 7.13. The molecule has 0 heterocycles. The van der Waals surface area contributed by atoms with Crippen molar-refractivity contribution in [2.75, 3.05) is 24.1 Å². The van der Waals surface area contributed by atoms with E-state index in [1.54, 1.807) is 12.1 Å². The van der Waals surface area contributed by atoms with Gasteiger partial charge in [0.1, 0.15) is 0 Å². The molecule has 0 aliphatic rings. The van der Waals surface area contributed by atoms with Gasteiger partial charge in [0.25, 0.3) is 0 Å². The second-order valence-corrected chi connectivity index (χ2v) is 6.22. The summed E-state index contributed by atoms with van der Waals surface area (Å²) in [6.45, 7) is 7.87. The summed E-state index contributed by atoms with van der Waals surface area (Å²) in [4.78, 5) is 14.5. The number of carbonyl (C=O) groups is 1. The molecule has 1 aromatic rings. The van der Waals surface area contributed by atoms with Crippen molar-refractivity contribution >= 4 is 33.2 Å². The molecule has 0 spiro atoms. The number of carbonyl (C=O) groups excluding carboxylic acids is 1. The third kappa shape index (κ3) is 6.06. The summed E-state index contributed by atoms with van der Waals surface area (Å²) in [7, 11) is 0. The Kier molecular flexibility index (Phi) is 7.75. The molecule has 0 aliphatic heterocycles. The van der Waals surface area contributed by atoms with Crippen molar-refractivity contribution in [3.05, 3.63) is 22.7 Å². The lowest BCUT2D eigenvalue weighted by Crippen LogP contribution is -2.39. The highest BCUT2D eigenvalue weighted by Gasteiger charge is 2.16. The van der Waals surface area contributed by atoms with Crippen molar-refractivity contribution in [2.45, 2.75) is 46.1 Å². The second kappa shape index (κ2) is 9.05. The maximum Gasteiger partial charge on any atom is 0.238 e. The molecule has 0 fully saturated rings. The van der Waals surface area contributed by atoms with E-state index in [4.69, 9.17) is 5.73 Å². The fourth-order valence-corrected chi connectivity index (χ4v) is 2.58. The number of amides is 1. The van der Waals surface area contributed by atoms with Crippen LogP contribution in [0.15, 0.2) is 22.7 Å².